The fraction of sp³-hybridized carbons (Fsp3) is 0.300. The molecule has 1 aliphatic carbocycles. The number of carbonyl (C=O) groups excluding carboxylic acids is 2. The summed E-state index contributed by atoms with van der Waals surface area (Å²) in [6, 6.07) is 13.3. The lowest BCUT2D eigenvalue weighted by molar-refractivity contribution is -0.123. The van der Waals surface area contributed by atoms with Crippen molar-refractivity contribution in [3.63, 3.8) is 0 Å². The fourth-order valence-corrected chi connectivity index (χ4v) is 3.22. The lowest BCUT2D eigenvalue weighted by Crippen LogP contribution is -2.34. The molecule has 0 bridgehead atoms. The molecule has 2 aromatic carbocycles. The molecular weight excluding hydrogens is 316 g/mol. The minimum atomic E-state index is -0.443. The lowest BCUT2D eigenvalue weighted by Gasteiger charge is -2.22. The van der Waals surface area contributed by atoms with Gasteiger partial charge in [-0.1, -0.05) is 18.2 Å². The van der Waals surface area contributed by atoms with Crippen molar-refractivity contribution in [1.82, 2.24) is 0 Å². The molecule has 1 saturated carbocycles. The second kappa shape index (κ2) is 6.33. The van der Waals surface area contributed by atoms with Crippen LogP contribution in [0.25, 0.3) is 11.1 Å². The second-order valence-electron chi connectivity index (χ2n) is 6.73. The summed E-state index contributed by atoms with van der Waals surface area (Å²) in [6.07, 6.45) is 2.38. The Morgan fingerprint density at radius 2 is 1.92 bits per heavy atom. The van der Waals surface area contributed by atoms with Gasteiger partial charge in [0.2, 0.25) is 5.91 Å². The first-order valence-corrected chi connectivity index (χ1v) is 8.53. The third kappa shape index (κ3) is 3.28. The summed E-state index contributed by atoms with van der Waals surface area (Å²) in [6.45, 7) is 1.30. The quantitative estimate of drug-likeness (QED) is 0.933. The SMILES string of the molecule is NC(=O)c1cccc(-c2ccc3c(c2)COCC(=O)N3CC2CC2)c1. The molecule has 2 amide bonds. The maximum atomic E-state index is 12.4. The first-order valence-electron chi connectivity index (χ1n) is 8.53. The van der Waals surface area contributed by atoms with E-state index < -0.39 is 5.91 Å². The van der Waals surface area contributed by atoms with E-state index in [0.29, 0.717) is 18.1 Å². The van der Waals surface area contributed by atoms with Gasteiger partial charge in [0, 0.05) is 23.4 Å². The highest BCUT2D eigenvalue weighted by atomic mass is 16.5. The van der Waals surface area contributed by atoms with Gasteiger partial charge in [-0.05, 0) is 54.2 Å². The molecule has 0 aromatic heterocycles. The number of nitrogens with zero attached hydrogens (tertiary/aromatic N) is 1. The number of carbonyl (C=O) groups is 2. The van der Waals surface area contributed by atoms with Gasteiger partial charge in [0.25, 0.3) is 5.91 Å². The van der Waals surface area contributed by atoms with E-state index in [1.165, 1.54) is 12.8 Å². The molecule has 0 atom stereocenters. The molecule has 5 heteroatoms. The zero-order valence-electron chi connectivity index (χ0n) is 13.9. The molecule has 0 spiro atoms. The van der Waals surface area contributed by atoms with Gasteiger partial charge in [0.1, 0.15) is 6.61 Å². The highest BCUT2D eigenvalue weighted by Crippen LogP contribution is 2.35. The minimum Gasteiger partial charge on any atom is -0.367 e. The number of benzene rings is 2. The van der Waals surface area contributed by atoms with Crippen molar-refractivity contribution < 1.29 is 14.3 Å². The van der Waals surface area contributed by atoms with Crippen LogP contribution in [-0.2, 0) is 16.1 Å². The van der Waals surface area contributed by atoms with E-state index in [0.717, 1.165) is 28.9 Å². The molecule has 1 heterocycles. The topological polar surface area (TPSA) is 72.6 Å². The average Bonchev–Trinajstić information content (AvgIpc) is 3.44. The van der Waals surface area contributed by atoms with Gasteiger partial charge >= 0.3 is 0 Å². The fourth-order valence-electron chi connectivity index (χ4n) is 3.22. The number of amides is 2. The zero-order valence-corrected chi connectivity index (χ0v) is 13.9. The van der Waals surface area contributed by atoms with Crippen molar-refractivity contribution in [1.29, 1.82) is 0 Å². The van der Waals surface area contributed by atoms with E-state index in [4.69, 9.17) is 10.5 Å². The maximum Gasteiger partial charge on any atom is 0.253 e. The Morgan fingerprint density at radius 1 is 1.12 bits per heavy atom. The van der Waals surface area contributed by atoms with Crippen LogP contribution in [0.5, 0.6) is 0 Å². The van der Waals surface area contributed by atoms with Crippen molar-refractivity contribution in [3.8, 4) is 11.1 Å². The van der Waals surface area contributed by atoms with Gasteiger partial charge in [0.05, 0.1) is 6.61 Å². The van der Waals surface area contributed by atoms with Crippen molar-refractivity contribution in [2.75, 3.05) is 18.1 Å². The van der Waals surface area contributed by atoms with Gasteiger partial charge in [-0.2, -0.15) is 0 Å². The predicted molar refractivity (Wildman–Crippen MR) is 95.1 cm³/mol. The van der Waals surface area contributed by atoms with E-state index in [2.05, 4.69) is 0 Å². The molecule has 5 nitrogen and oxygen atoms in total. The second-order valence-corrected chi connectivity index (χ2v) is 6.73. The number of rotatable bonds is 4. The highest BCUT2D eigenvalue weighted by Gasteiger charge is 2.30. The summed E-state index contributed by atoms with van der Waals surface area (Å²) in [5.74, 6) is 0.192. The Kier molecular flexibility index (Phi) is 4.01. The van der Waals surface area contributed by atoms with E-state index in [1.54, 1.807) is 12.1 Å². The van der Waals surface area contributed by atoms with E-state index in [1.807, 2.05) is 35.2 Å². The first-order chi connectivity index (χ1) is 12.1. The van der Waals surface area contributed by atoms with Gasteiger partial charge in [-0.15, -0.1) is 0 Å². The summed E-state index contributed by atoms with van der Waals surface area (Å²) in [5.41, 5.74) is 9.68. The molecule has 4 rings (SSSR count). The summed E-state index contributed by atoms with van der Waals surface area (Å²) >= 11 is 0. The molecule has 25 heavy (non-hydrogen) atoms. The third-order valence-corrected chi connectivity index (χ3v) is 4.77. The number of fused-ring (bicyclic) bond motifs is 1. The van der Waals surface area contributed by atoms with Crippen LogP contribution in [0.1, 0.15) is 28.8 Å². The van der Waals surface area contributed by atoms with Crippen LogP contribution in [0.4, 0.5) is 5.69 Å². The maximum absolute atomic E-state index is 12.4. The molecule has 128 valence electrons. The van der Waals surface area contributed by atoms with E-state index >= 15 is 0 Å². The molecular formula is C20H20N2O3. The highest BCUT2D eigenvalue weighted by molar-refractivity contribution is 5.96. The number of hydrogen-bond donors (Lipinski definition) is 1. The molecule has 0 unspecified atom stereocenters. The number of anilines is 1. The molecule has 2 aromatic rings. The van der Waals surface area contributed by atoms with Crippen LogP contribution in [0.3, 0.4) is 0 Å². The minimum absolute atomic E-state index is 0.0223. The number of hydrogen-bond acceptors (Lipinski definition) is 3. The average molecular weight is 336 g/mol. The molecule has 0 radical (unpaired) electrons. The van der Waals surface area contributed by atoms with Gasteiger partial charge in [-0.25, -0.2) is 0 Å². The largest absolute Gasteiger partial charge is 0.367 e. The van der Waals surface area contributed by atoms with Crippen molar-refractivity contribution in [3.05, 3.63) is 53.6 Å². The predicted octanol–water partition coefficient (Wildman–Crippen LogP) is 2.73. The molecule has 2 aliphatic rings. The number of ether oxygens (including phenoxy) is 1. The molecule has 1 aliphatic heterocycles. The van der Waals surface area contributed by atoms with Crippen molar-refractivity contribution >= 4 is 17.5 Å². The zero-order chi connectivity index (χ0) is 17.4. The number of primary amides is 1. The summed E-state index contributed by atoms with van der Waals surface area (Å²) in [5, 5.41) is 0. The van der Waals surface area contributed by atoms with E-state index in [9.17, 15) is 9.59 Å². The smallest absolute Gasteiger partial charge is 0.253 e. The Morgan fingerprint density at radius 3 is 2.68 bits per heavy atom. The van der Waals surface area contributed by atoms with Crippen LogP contribution < -0.4 is 10.6 Å². The van der Waals surface area contributed by atoms with Gasteiger partial charge < -0.3 is 15.4 Å². The third-order valence-electron chi connectivity index (χ3n) is 4.77. The molecule has 2 N–H and O–H groups in total. The Hall–Kier alpha value is -2.66. The number of nitrogens with two attached hydrogens (primary N) is 1. The van der Waals surface area contributed by atoms with Crippen LogP contribution in [0, 0.1) is 5.92 Å². The summed E-state index contributed by atoms with van der Waals surface area (Å²) in [7, 11) is 0. The van der Waals surface area contributed by atoms with Crippen LogP contribution in [0.2, 0.25) is 0 Å². The van der Waals surface area contributed by atoms with Crippen LogP contribution >= 0.6 is 0 Å². The van der Waals surface area contributed by atoms with Crippen molar-refractivity contribution in [2.24, 2.45) is 11.7 Å². The Balaban J connectivity index is 1.71. The monoisotopic (exact) mass is 336 g/mol. The van der Waals surface area contributed by atoms with Crippen molar-refractivity contribution in [2.45, 2.75) is 19.4 Å². The van der Waals surface area contributed by atoms with Crippen LogP contribution in [-0.4, -0.2) is 25.0 Å². The molecule has 1 fully saturated rings. The summed E-state index contributed by atoms with van der Waals surface area (Å²) in [4.78, 5) is 25.6. The van der Waals surface area contributed by atoms with E-state index in [-0.39, 0.29) is 12.5 Å². The van der Waals surface area contributed by atoms with Gasteiger partial charge in [-0.3, -0.25) is 9.59 Å². The van der Waals surface area contributed by atoms with Crippen LogP contribution in [0.15, 0.2) is 42.5 Å². The molecule has 0 saturated heterocycles. The standard InChI is InChI=1S/C20H20N2O3/c21-20(24)16-3-1-2-14(8-16)15-6-7-18-17(9-15)11-25-12-19(23)22(18)10-13-4-5-13/h1-3,6-9,13H,4-5,10-12H2,(H2,21,24). The normalized spacial score (nSPS) is 17.1. The summed E-state index contributed by atoms with van der Waals surface area (Å²) < 4.78 is 5.55. The Bertz CT molecular complexity index is 843. The lowest BCUT2D eigenvalue weighted by atomic mass is 9.99. The first kappa shape index (κ1) is 15.8. The van der Waals surface area contributed by atoms with Gasteiger partial charge in [0.15, 0.2) is 0 Å². The Labute approximate surface area is 146 Å².